The third-order valence-corrected chi connectivity index (χ3v) is 4.29. The molecule has 0 radical (unpaired) electrons. The molecule has 1 aliphatic rings. The van der Waals surface area contributed by atoms with Gasteiger partial charge in [0.1, 0.15) is 17.7 Å². The summed E-state index contributed by atoms with van der Waals surface area (Å²) < 4.78 is 19.0. The molecule has 2 heterocycles. The molecule has 5 nitrogen and oxygen atoms in total. The van der Waals surface area contributed by atoms with Crippen LogP contribution in [0.15, 0.2) is 42.5 Å². The lowest BCUT2D eigenvalue weighted by atomic mass is 10.1. The van der Waals surface area contributed by atoms with Gasteiger partial charge in [-0.2, -0.15) is 0 Å². The van der Waals surface area contributed by atoms with Crippen LogP contribution in [0, 0.1) is 5.82 Å². The molecule has 1 atom stereocenters. The quantitative estimate of drug-likeness (QED) is 0.907. The van der Waals surface area contributed by atoms with E-state index in [1.165, 1.54) is 12.1 Å². The Morgan fingerprint density at radius 1 is 1.36 bits per heavy atom. The number of aromatic nitrogens is 1. The van der Waals surface area contributed by atoms with Crippen molar-refractivity contribution in [2.24, 2.45) is 0 Å². The molecular formula is C19H22FN3O2. The Hall–Kier alpha value is -2.47. The molecule has 1 saturated heterocycles. The molecule has 1 aliphatic heterocycles. The molecule has 132 valence electrons. The molecule has 1 fully saturated rings. The van der Waals surface area contributed by atoms with Gasteiger partial charge in [-0.15, -0.1) is 0 Å². The van der Waals surface area contributed by atoms with E-state index in [2.05, 4.69) is 10.3 Å². The first kappa shape index (κ1) is 17.4. The van der Waals surface area contributed by atoms with Crippen LogP contribution in [0.25, 0.3) is 0 Å². The van der Waals surface area contributed by atoms with Crippen molar-refractivity contribution < 1.29 is 13.9 Å². The normalized spacial score (nSPS) is 17.4. The Morgan fingerprint density at radius 2 is 2.20 bits per heavy atom. The first-order chi connectivity index (χ1) is 12.2. The van der Waals surface area contributed by atoms with E-state index in [1.807, 2.05) is 31.3 Å². The summed E-state index contributed by atoms with van der Waals surface area (Å²) in [6, 6.07) is 12.1. The second-order valence-corrected chi connectivity index (χ2v) is 6.03. The highest BCUT2D eigenvalue weighted by atomic mass is 19.1. The zero-order valence-corrected chi connectivity index (χ0v) is 14.2. The molecule has 0 aliphatic carbocycles. The molecule has 1 N–H and O–H groups in total. The lowest BCUT2D eigenvalue weighted by Gasteiger charge is -2.33. The van der Waals surface area contributed by atoms with Crippen molar-refractivity contribution in [2.75, 3.05) is 32.1 Å². The van der Waals surface area contributed by atoms with Crippen LogP contribution in [0.3, 0.4) is 0 Å². The molecule has 0 spiro atoms. The monoisotopic (exact) mass is 343 g/mol. The summed E-state index contributed by atoms with van der Waals surface area (Å²) in [5.74, 6) is 0.560. The second-order valence-electron chi connectivity index (χ2n) is 6.03. The fourth-order valence-corrected chi connectivity index (χ4v) is 2.93. The van der Waals surface area contributed by atoms with E-state index in [0.717, 1.165) is 17.1 Å². The minimum atomic E-state index is -0.271. The van der Waals surface area contributed by atoms with Crippen molar-refractivity contribution in [3.63, 3.8) is 0 Å². The number of morpholine rings is 1. The van der Waals surface area contributed by atoms with Gasteiger partial charge in [0, 0.05) is 20.0 Å². The van der Waals surface area contributed by atoms with Crippen LogP contribution in [0.5, 0.6) is 0 Å². The van der Waals surface area contributed by atoms with Gasteiger partial charge in [0.05, 0.1) is 18.8 Å². The van der Waals surface area contributed by atoms with Crippen molar-refractivity contribution in [1.82, 2.24) is 9.88 Å². The zero-order valence-electron chi connectivity index (χ0n) is 14.2. The number of carbonyl (C=O) groups is 1. The Morgan fingerprint density at radius 3 is 3.00 bits per heavy atom. The number of nitrogens with zero attached hydrogens (tertiary/aromatic N) is 2. The molecule has 3 rings (SSSR count). The van der Waals surface area contributed by atoms with E-state index in [4.69, 9.17) is 4.74 Å². The topological polar surface area (TPSA) is 54.5 Å². The van der Waals surface area contributed by atoms with Gasteiger partial charge < -0.3 is 15.0 Å². The minimum absolute atomic E-state index is 0.0577. The Balaban J connectivity index is 1.59. The van der Waals surface area contributed by atoms with Gasteiger partial charge in [0.15, 0.2) is 0 Å². The molecule has 25 heavy (non-hydrogen) atoms. The van der Waals surface area contributed by atoms with E-state index >= 15 is 0 Å². The van der Waals surface area contributed by atoms with Crippen LogP contribution in [-0.2, 0) is 16.0 Å². The molecule has 6 heteroatoms. The average Bonchev–Trinajstić information content (AvgIpc) is 2.66. The van der Waals surface area contributed by atoms with Gasteiger partial charge in [-0.05, 0) is 36.2 Å². The molecule has 1 amide bonds. The summed E-state index contributed by atoms with van der Waals surface area (Å²) in [6.07, 6.45) is 0.673. The molecular weight excluding hydrogens is 321 g/mol. The number of nitrogens with one attached hydrogen (secondary N) is 1. The lowest BCUT2D eigenvalue weighted by molar-refractivity contribution is -0.139. The summed E-state index contributed by atoms with van der Waals surface area (Å²) >= 11 is 0. The van der Waals surface area contributed by atoms with Gasteiger partial charge in [-0.25, -0.2) is 9.37 Å². The highest BCUT2D eigenvalue weighted by Crippen LogP contribution is 2.22. The number of hydrogen-bond acceptors (Lipinski definition) is 4. The van der Waals surface area contributed by atoms with Gasteiger partial charge in [-0.3, -0.25) is 4.79 Å². The predicted octanol–water partition coefficient (Wildman–Crippen LogP) is 2.80. The highest BCUT2D eigenvalue weighted by Gasteiger charge is 2.26. The molecule has 1 unspecified atom stereocenters. The van der Waals surface area contributed by atoms with E-state index < -0.39 is 0 Å². The fourth-order valence-electron chi connectivity index (χ4n) is 2.93. The van der Waals surface area contributed by atoms with Crippen molar-refractivity contribution in [3.8, 4) is 0 Å². The smallest absolute Gasteiger partial charge is 0.223 e. The van der Waals surface area contributed by atoms with Crippen LogP contribution in [0.2, 0.25) is 0 Å². The number of benzene rings is 1. The van der Waals surface area contributed by atoms with Crippen LogP contribution >= 0.6 is 0 Å². The maximum atomic E-state index is 13.2. The average molecular weight is 343 g/mol. The van der Waals surface area contributed by atoms with Crippen LogP contribution in [0.4, 0.5) is 10.2 Å². The lowest BCUT2D eigenvalue weighted by Crippen LogP contribution is -2.42. The molecule has 0 bridgehead atoms. The Bertz CT molecular complexity index is 738. The minimum Gasteiger partial charge on any atom is -0.373 e. The fraction of sp³-hybridized carbons (Fsp3) is 0.368. The number of hydrogen-bond donors (Lipinski definition) is 1. The van der Waals surface area contributed by atoms with Crippen molar-refractivity contribution in [1.29, 1.82) is 0 Å². The standard InChI is InChI=1S/C19H22FN3O2/c1-21-18-7-3-6-16(22-18)17-13-23(10-11-25-17)19(24)9-8-14-4-2-5-15(20)12-14/h2-7,12,17H,8-11,13H2,1H3,(H,21,22). The van der Waals surface area contributed by atoms with Crippen molar-refractivity contribution >= 4 is 11.7 Å². The number of aryl methyl sites for hydroxylation is 1. The number of rotatable bonds is 5. The maximum absolute atomic E-state index is 13.2. The first-order valence-electron chi connectivity index (χ1n) is 8.44. The zero-order chi connectivity index (χ0) is 17.6. The Kier molecular flexibility index (Phi) is 5.60. The summed E-state index contributed by atoms with van der Waals surface area (Å²) in [5.41, 5.74) is 1.65. The Labute approximate surface area is 146 Å². The van der Waals surface area contributed by atoms with Crippen LogP contribution in [-0.4, -0.2) is 42.5 Å². The third kappa shape index (κ3) is 4.54. The van der Waals surface area contributed by atoms with E-state index in [1.54, 1.807) is 11.0 Å². The van der Waals surface area contributed by atoms with E-state index in [9.17, 15) is 9.18 Å². The second kappa shape index (κ2) is 8.07. The first-order valence-corrected chi connectivity index (χ1v) is 8.44. The molecule has 1 aromatic carbocycles. The SMILES string of the molecule is CNc1cccc(C2CN(C(=O)CCc3cccc(F)c3)CCO2)n1. The van der Waals surface area contributed by atoms with Crippen LogP contribution < -0.4 is 5.32 Å². The number of ether oxygens (including phenoxy) is 1. The number of amides is 1. The largest absolute Gasteiger partial charge is 0.373 e. The van der Waals surface area contributed by atoms with Gasteiger partial charge >= 0.3 is 0 Å². The summed E-state index contributed by atoms with van der Waals surface area (Å²) in [7, 11) is 1.82. The summed E-state index contributed by atoms with van der Waals surface area (Å²) in [5, 5.41) is 3.01. The highest BCUT2D eigenvalue weighted by molar-refractivity contribution is 5.76. The maximum Gasteiger partial charge on any atom is 0.223 e. The van der Waals surface area contributed by atoms with Crippen LogP contribution in [0.1, 0.15) is 23.8 Å². The molecule has 1 aromatic heterocycles. The van der Waals surface area contributed by atoms with Crippen molar-refractivity contribution in [2.45, 2.75) is 18.9 Å². The molecule has 2 aromatic rings. The summed E-state index contributed by atoms with van der Waals surface area (Å²) in [6.45, 7) is 1.55. The predicted molar refractivity (Wildman–Crippen MR) is 93.8 cm³/mol. The number of carbonyl (C=O) groups excluding carboxylic acids is 1. The number of pyridine rings is 1. The van der Waals surface area contributed by atoms with E-state index in [0.29, 0.717) is 32.5 Å². The number of halogens is 1. The third-order valence-electron chi connectivity index (χ3n) is 4.29. The van der Waals surface area contributed by atoms with Gasteiger partial charge in [-0.1, -0.05) is 18.2 Å². The van der Waals surface area contributed by atoms with E-state index in [-0.39, 0.29) is 17.8 Å². The van der Waals surface area contributed by atoms with Gasteiger partial charge in [0.2, 0.25) is 5.91 Å². The van der Waals surface area contributed by atoms with Gasteiger partial charge in [0.25, 0.3) is 0 Å². The van der Waals surface area contributed by atoms with Crippen molar-refractivity contribution in [3.05, 3.63) is 59.5 Å². The summed E-state index contributed by atoms with van der Waals surface area (Å²) in [4.78, 5) is 18.8. The molecule has 0 saturated carbocycles. The number of anilines is 1.